The molecule has 0 aromatic heterocycles. The summed E-state index contributed by atoms with van der Waals surface area (Å²) in [5.74, 6) is 0.780. The molecular formula is C12H18ClNO. The molecule has 3 heteroatoms. The van der Waals surface area contributed by atoms with E-state index in [1.807, 2.05) is 26.8 Å². The summed E-state index contributed by atoms with van der Waals surface area (Å²) in [4.78, 5) is 0. The van der Waals surface area contributed by atoms with Crippen molar-refractivity contribution in [3.05, 3.63) is 28.3 Å². The average molecular weight is 228 g/mol. The molecule has 84 valence electrons. The van der Waals surface area contributed by atoms with Crippen LogP contribution in [-0.4, -0.2) is 12.6 Å². The minimum absolute atomic E-state index is 0.113. The van der Waals surface area contributed by atoms with Crippen LogP contribution in [-0.2, 0) is 6.42 Å². The van der Waals surface area contributed by atoms with Crippen molar-refractivity contribution in [2.24, 2.45) is 5.73 Å². The number of rotatable bonds is 4. The van der Waals surface area contributed by atoms with Gasteiger partial charge in [-0.2, -0.15) is 0 Å². The van der Waals surface area contributed by atoms with E-state index in [9.17, 15) is 0 Å². The lowest BCUT2D eigenvalue weighted by atomic mass is 10.0. The molecule has 1 rings (SSSR count). The molecule has 0 spiro atoms. The van der Waals surface area contributed by atoms with Gasteiger partial charge in [-0.15, -0.1) is 0 Å². The second-order valence-electron chi connectivity index (χ2n) is 3.85. The standard InChI is InChI=1S/C12H18ClNO/c1-4-15-12-10(7-9(3)14)5-8(2)6-11(12)13/h5-6,9H,4,7,14H2,1-3H3. The Morgan fingerprint density at radius 3 is 2.67 bits per heavy atom. The van der Waals surface area contributed by atoms with Gasteiger partial charge in [-0.3, -0.25) is 0 Å². The Morgan fingerprint density at radius 1 is 1.47 bits per heavy atom. The first-order chi connectivity index (χ1) is 7.04. The summed E-state index contributed by atoms with van der Waals surface area (Å²) in [6.07, 6.45) is 0.788. The molecule has 0 saturated heterocycles. The number of hydrogen-bond donors (Lipinski definition) is 1. The minimum atomic E-state index is 0.113. The predicted octanol–water partition coefficient (Wildman–Crippen LogP) is 2.94. The van der Waals surface area contributed by atoms with Gasteiger partial charge in [0.2, 0.25) is 0 Å². The van der Waals surface area contributed by atoms with E-state index >= 15 is 0 Å². The lowest BCUT2D eigenvalue weighted by molar-refractivity contribution is 0.336. The molecule has 1 aromatic rings. The van der Waals surface area contributed by atoms with Gasteiger partial charge in [0.25, 0.3) is 0 Å². The van der Waals surface area contributed by atoms with Gasteiger partial charge in [0.15, 0.2) is 0 Å². The number of benzene rings is 1. The summed E-state index contributed by atoms with van der Waals surface area (Å²) in [5, 5.41) is 0.674. The fraction of sp³-hybridized carbons (Fsp3) is 0.500. The topological polar surface area (TPSA) is 35.2 Å². The first kappa shape index (κ1) is 12.3. The van der Waals surface area contributed by atoms with Gasteiger partial charge in [-0.25, -0.2) is 0 Å². The molecule has 2 N–H and O–H groups in total. The second kappa shape index (κ2) is 5.38. The van der Waals surface area contributed by atoms with Crippen LogP contribution in [0.25, 0.3) is 0 Å². The maximum Gasteiger partial charge on any atom is 0.141 e. The minimum Gasteiger partial charge on any atom is -0.492 e. The van der Waals surface area contributed by atoms with Crippen LogP contribution in [0.5, 0.6) is 5.75 Å². The Morgan fingerprint density at radius 2 is 2.13 bits per heavy atom. The summed E-state index contributed by atoms with van der Waals surface area (Å²) in [6, 6.07) is 4.11. The van der Waals surface area contributed by atoms with Crippen LogP contribution < -0.4 is 10.5 Å². The zero-order valence-corrected chi connectivity index (χ0v) is 10.3. The van der Waals surface area contributed by atoms with Crippen molar-refractivity contribution < 1.29 is 4.74 Å². The number of nitrogens with two attached hydrogens (primary N) is 1. The highest BCUT2D eigenvalue weighted by Gasteiger charge is 2.10. The molecule has 0 saturated carbocycles. The molecule has 0 aliphatic heterocycles. The van der Waals surface area contributed by atoms with E-state index in [0.29, 0.717) is 11.6 Å². The fourth-order valence-electron chi connectivity index (χ4n) is 1.61. The largest absolute Gasteiger partial charge is 0.492 e. The van der Waals surface area contributed by atoms with Crippen molar-refractivity contribution in [1.29, 1.82) is 0 Å². The van der Waals surface area contributed by atoms with Gasteiger partial charge in [0.1, 0.15) is 5.75 Å². The van der Waals surface area contributed by atoms with Crippen molar-refractivity contribution >= 4 is 11.6 Å². The smallest absolute Gasteiger partial charge is 0.141 e. The highest BCUT2D eigenvalue weighted by atomic mass is 35.5. The van der Waals surface area contributed by atoms with Crippen LogP contribution in [0, 0.1) is 6.92 Å². The van der Waals surface area contributed by atoms with Gasteiger partial charge in [-0.1, -0.05) is 17.7 Å². The van der Waals surface area contributed by atoms with Gasteiger partial charge in [-0.05, 0) is 44.4 Å². The van der Waals surface area contributed by atoms with E-state index in [4.69, 9.17) is 22.1 Å². The van der Waals surface area contributed by atoms with Crippen molar-refractivity contribution in [2.45, 2.75) is 33.2 Å². The summed E-state index contributed by atoms with van der Waals surface area (Å²) in [7, 11) is 0. The van der Waals surface area contributed by atoms with Crippen LogP contribution in [0.3, 0.4) is 0 Å². The van der Waals surface area contributed by atoms with Gasteiger partial charge < -0.3 is 10.5 Å². The van der Waals surface area contributed by atoms with Crippen molar-refractivity contribution in [3.63, 3.8) is 0 Å². The molecule has 0 heterocycles. The van der Waals surface area contributed by atoms with E-state index in [2.05, 4.69) is 6.07 Å². The summed E-state index contributed by atoms with van der Waals surface area (Å²) >= 11 is 6.13. The molecule has 1 aromatic carbocycles. The zero-order chi connectivity index (χ0) is 11.4. The highest BCUT2D eigenvalue weighted by molar-refractivity contribution is 6.32. The zero-order valence-electron chi connectivity index (χ0n) is 9.51. The molecule has 0 fully saturated rings. The van der Waals surface area contributed by atoms with Crippen LogP contribution in [0.15, 0.2) is 12.1 Å². The van der Waals surface area contributed by atoms with Gasteiger partial charge in [0, 0.05) is 6.04 Å². The number of ether oxygens (including phenoxy) is 1. The Bertz CT molecular complexity index is 337. The molecule has 0 amide bonds. The van der Waals surface area contributed by atoms with Crippen molar-refractivity contribution in [2.75, 3.05) is 6.61 Å². The van der Waals surface area contributed by atoms with E-state index in [0.717, 1.165) is 23.3 Å². The van der Waals surface area contributed by atoms with Crippen LogP contribution in [0.4, 0.5) is 0 Å². The average Bonchev–Trinajstić information content (AvgIpc) is 2.10. The van der Waals surface area contributed by atoms with E-state index in [1.165, 1.54) is 0 Å². The normalized spacial score (nSPS) is 12.6. The summed E-state index contributed by atoms with van der Waals surface area (Å²) in [6.45, 7) is 6.57. The second-order valence-corrected chi connectivity index (χ2v) is 4.26. The van der Waals surface area contributed by atoms with Crippen molar-refractivity contribution in [3.8, 4) is 5.75 Å². The lowest BCUT2D eigenvalue weighted by Gasteiger charge is -2.14. The molecule has 1 unspecified atom stereocenters. The number of hydrogen-bond acceptors (Lipinski definition) is 2. The third kappa shape index (κ3) is 3.40. The molecule has 2 nitrogen and oxygen atoms in total. The SMILES string of the molecule is CCOc1c(Cl)cc(C)cc1CC(C)N. The van der Waals surface area contributed by atoms with Crippen LogP contribution >= 0.6 is 11.6 Å². The Labute approximate surface area is 96.4 Å². The van der Waals surface area contributed by atoms with E-state index in [-0.39, 0.29) is 6.04 Å². The molecular weight excluding hydrogens is 210 g/mol. The third-order valence-corrected chi connectivity index (χ3v) is 2.38. The molecule has 15 heavy (non-hydrogen) atoms. The highest BCUT2D eigenvalue weighted by Crippen LogP contribution is 2.31. The predicted molar refractivity (Wildman–Crippen MR) is 64.7 cm³/mol. The van der Waals surface area contributed by atoms with Gasteiger partial charge >= 0.3 is 0 Å². The maximum absolute atomic E-state index is 6.13. The number of aryl methyl sites for hydroxylation is 1. The van der Waals surface area contributed by atoms with E-state index < -0.39 is 0 Å². The Hall–Kier alpha value is -0.730. The van der Waals surface area contributed by atoms with Crippen LogP contribution in [0.1, 0.15) is 25.0 Å². The fourth-order valence-corrected chi connectivity index (χ4v) is 1.95. The molecule has 0 aliphatic carbocycles. The summed E-state index contributed by atoms with van der Waals surface area (Å²) in [5.41, 5.74) is 8.02. The molecule has 1 atom stereocenters. The molecule has 0 radical (unpaired) electrons. The Kier molecular flexibility index (Phi) is 4.43. The quantitative estimate of drug-likeness (QED) is 0.859. The molecule has 0 aliphatic rings. The molecule has 0 bridgehead atoms. The first-order valence-corrected chi connectivity index (χ1v) is 5.59. The van der Waals surface area contributed by atoms with Gasteiger partial charge in [0.05, 0.1) is 11.6 Å². The summed E-state index contributed by atoms with van der Waals surface area (Å²) < 4.78 is 5.54. The van der Waals surface area contributed by atoms with Crippen molar-refractivity contribution in [1.82, 2.24) is 0 Å². The number of halogens is 1. The Balaban J connectivity index is 3.08. The first-order valence-electron chi connectivity index (χ1n) is 5.22. The van der Waals surface area contributed by atoms with E-state index in [1.54, 1.807) is 0 Å². The monoisotopic (exact) mass is 227 g/mol. The lowest BCUT2D eigenvalue weighted by Crippen LogP contribution is -2.18. The van der Waals surface area contributed by atoms with Crippen LogP contribution in [0.2, 0.25) is 5.02 Å². The third-order valence-electron chi connectivity index (χ3n) is 2.10. The maximum atomic E-state index is 6.13.